The fourth-order valence-electron chi connectivity index (χ4n) is 4.56. The summed E-state index contributed by atoms with van der Waals surface area (Å²) in [5.74, 6) is -0.473. The van der Waals surface area contributed by atoms with E-state index in [1.165, 1.54) is 16.4 Å². The summed E-state index contributed by atoms with van der Waals surface area (Å²) in [6.45, 7) is 4.29. The van der Waals surface area contributed by atoms with Crippen molar-refractivity contribution in [2.24, 2.45) is 0 Å². The van der Waals surface area contributed by atoms with E-state index in [4.69, 9.17) is 4.74 Å². The van der Waals surface area contributed by atoms with Crippen LogP contribution in [0.2, 0.25) is 0 Å². The molecule has 1 heterocycles. The Morgan fingerprint density at radius 2 is 1.50 bits per heavy atom. The topological polar surface area (TPSA) is 92.8 Å². The quantitative estimate of drug-likeness (QED) is 0.482. The molecule has 8 heteroatoms. The van der Waals surface area contributed by atoms with Crippen molar-refractivity contribution in [3.05, 3.63) is 83.4 Å². The van der Waals surface area contributed by atoms with Gasteiger partial charge in [-0.15, -0.1) is 0 Å². The molecule has 5 rings (SSSR count). The monoisotopic (exact) mass is 476 g/mol. The summed E-state index contributed by atoms with van der Waals surface area (Å²) in [7, 11) is -3.66. The number of hydrogen-bond acceptors (Lipinski definition) is 5. The molecular weight excluding hydrogens is 452 g/mol. The van der Waals surface area contributed by atoms with Gasteiger partial charge < -0.3 is 10.1 Å². The van der Waals surface area contributed by atoms with Crippen LogP contribution in [0.25, 0.3) is 11.1 Å². The molecule has 0 saturated carbocycles. The van der Waals surface area contributed by atoms with Gasteiger partial charge in [-0.2, -0.15) is 4.31 Å². The van der Waals surface area contributed by atoms with Crippen molar-refractivity contribution >= 4 is 27.4 Å². The van der Waals surface area contributed by atoms with Crippen LogP contribution in [0.5, 0.6) is 0 Å². The van der Waals surface area contributed by atoms with Gasteiger partial charge >= 0.3 is 0 Å². The standard InChI is InChI=1S/C26H24N2O5S/c1-16-14-28(15-17(2)33-16)34(31,32)20-10-8-19(9-11-20)27-26(30)18-7-12-22-21-5-3-4-6-23(21)25(29)24(22)13-18/h3-13,16-17H,14-15H2,1-2H3,(H,27,30)/t16-,17-/m1/s1. The minimum absolute atomic E-state index is 0.0958. The number of carbonyl (C=O) groups excluding carboxylic acids is 2. The van der Waals surface area contributed by atoms with Crippen LogP contribution in [-0.4, -0.2) is 49.7 Å². The van der Waals surface area contributed by atoms with Crippen molar-refractivity contribution < 1.29 is 22.7 Å². The van der Waals surface area contributed by atoms with Gasteiger partial charge in [0.05, 0.1) is 17.1 Å². The van der Waals surface area contributed by atoms with Gasteiger partial charge in [0.25, 0.3) is 5.91 Å². The maximum atomic E-state index is 13.0. The van der Waals surface area contributed by atoms with E-state index in [1.54, 1.807) is 36.4 Å². The summed E-state index contributed by atoms with van der Waals surface area (Å²) >= 11 is 0. The van der Waals surface area contributed by atoms with Crippen LogP contribution in [0, 0.1) is 0 Å². The highest BCUT2D eigenvalue weighted by Gasteiger charge is 2.32. The summed E-state index contributed by atoms with van der Waals surface area (Å²) in [5, 5.41) is 2.78. The van der Waals surface area contributed by atoms with Crippen molar-refractivity contribution in [3.8, 4) is 11.1 Å². The van der Waals surface area contributed by atoms with E-state index in [-0.39, 0.29) is 28.8 Å². The Bertz CT molecular complexity index is 1390. The van der Waals surface area contributed by atoms with Gasteiger partial charge in [-0.25, -0.2) is 8.42 Å². The van der Waals surface area contributed by atoms with E-state index < -0.39 is 10.0 Å². The lowest BCUT2D eigenvalue weighted by molar-refractivity contribution is -0.0440. The second-order valence-electron chi connectivity index (χ2n) is 8.69. The molecule has 34 heavy (non-hydrogen) atoms. The van der Waals surface area contributed by atoms with Crippen LogP contribution >= 0.6 is 0 Å². The first-order valence-electron chi connectivity index (χ1n) is 11.1. The fourth-order valence-corrected chi connectivity index (χ4v) is 6.15. The number of ether oxygens (including phenoxy) is 1. The summed E-state index contributed by atoms with van der Waals surface area (Å²) in [5.41, 5.74) is 3.64. The second kappa shape index (κ2) is 8.47. The number of amides is 1. The molecule has 3 aromatic carbocycles. The number of benzene rings is 3. The molecule has 174 valence electrons. The van der Waals surface area contributed by atoms with Gasteiger partial charge in [0.15, 0.2) is 5.78 Å². The number of hydrogen-bond donors (Lipinski definition) is 1. The molecule has 3 aromatic rings. The third-order valence-corrected chi connectivity index (χ3v) is 7.97. The largest absolute Gasteiger partial charge is 0.373 e. The molecular formula is C26H24N2O5S. The zero-order valence-electron chi connectivity index (χ0n) is 18.8. The van der Waals surface area contributed by atoms with Crippen LogP contribution in [0.3, 0.4) is 0 Å². The average Bonchev–Trinajstić information content (AvgIpc) is 3.10. The van der Waals surface area contributed by atoms with E-state index in [1.807, 2.05) is 32.0 Å². The molecule has 0 aromatic heterocycles. The maximum absolute atomic E-state index is 13.0. The van der Waals surface area contributed by atoms with Crippen LogP contribution in [0.4, 0.5) is 5.69 Å². The SMILES string of the molecule is C[C@@H]1CN(S(=O)(=O)c2ccc(NC(=O)c3ccc4c(c3)C(=O)c3ccccc3-4)cc2)C[C@@H](C)O1. The summed E-state index contributed by atoms with van der Waals surface area (Å²) in [6.07, 6.45) is -0.354. The van der Waals surface area contributed by atoms with E-state index in [0.717, 1.165) is 11.1 Å². The van der Waals surface area contributed by atoms with E-state index in [0.29, 0.717) is 35.5 Å². The molecule has 0 spiro atoms. The predicted octanol–water partition coefficient (Wildman–Crippen LogP) is 3.95. The number of rotatable bonds is 4. The zero-order valence-corrected chi connectivity index (χ0v) is 19.6. The summed E-state index contributed by atoms with van der Waals surface area (Å²) in [4.78, 5) is 25.7. The first-order chi connectivity index (χ1) is 16.2. The van der Waals surface area contributed by atoms with Crippen molar-refractivity contribution in [1.82, 2.24) is 4.31 Å². The normalized spacial score (nSPS) is 20.0. The summed E-state index contributed by atoms with van der Waals surface area (Å²) < 4.78 is 33.1. The smallest absolute Gasteiger partial charge is 0.255 e. The maximum Gasteiger partial charge on any atom is 0.255 e. The lowest BCUT2D eigenvalue weighted by Gasteiger charge is -2.34. The molecule has 0 unspecified atom stereocenters. The second-order valence-corrected chi connectivity index (χ2v) is 10.6. The molecule has 2 atom stereocenters. The molecule has 1 aliphatic carbocycles. The van der Waals surface area contributed by atoms with E-state index >= 15 is 0 Å². The number of nitrogens with one attached hydrogen (secondary N) is 1. The van der Waals surface area contributed by atoms with Gasteiger partial charge in [0.1, 0.15) is 0 Å². The van der Waals surface area contributed by atoms with Crippen molar-refractivity contribution in [3.63, 3.8) is 0 Å². The number of morpholine rings is 1. The zero-order chi connectivity index (χ0) is 24.0. The Hall–Kier alpha value is -3.33. The molecule has 1 saturated heterocycles. The Morgan fingerprint density at radius 1 is 0.882 bits per heavy atom. The van der Waals surface area contributed by atoms with Crippen LogP contribution in [0.15, 0.2) is 71.6 Å². The van der Waals surface area contributed by atoms with E-state index in [2.05, 4.69) is 5.32 Å². The number of fused-ring (bicyclic) bond motifs is 3. The van der Waals surface area contributed by atoms with E-state index in [9.17, 15) is 18.0 Å². The lowest BCUT2D eigenvalue weighted by Crippen LogP contribution is -2.48. The fraction of sp³-hybridized carbons (Fsp3) is 0.231. The molecule has 2 aliphatic rings. The Morgan fingerprint density at radius 3 is 2.18 bits per heavy atom. The van der Waals surface area contributed by atoms with Crippen molar-refractivity contribution in [1.29, 1.82) is 0 Å². The Kier molecular flexibility index (Phi) is 5.59. The van der Waals surface area contributed by atoms with Crippen LogP contribution < -0.4 is 5.32 Å². The van der Waals surface area contributed by atoms with Crippen LogP contribution in [-0.2, 0) is 14.8 Å². The van der Waals surface area contributed by atoms with Crippen molar-refractivity contribution in [2.75, 3.05) is 18.4 Å². The molecule has 7 nitrogen and oxygen atoms in total. The highest BCUT2D eigenvalue weighted by molar-refractivity contribution is 7.89. The average molecular weight is 477 g/mol. The Balaban J connectivity index is 1.32. The summed E-state index contributed by atoms with van der Waals surface area (Å²) in [6, 6.07) is 18.5. The minimum atomic E-state index is -3.66. The predicted molar refractivity (Wildman–Crippen MR) is 128 cm³/mol. The molecule has 1 fully saturated rings. The van der Waals surface area contributed by atoms with Gasteiger partial charge in [-0.3, -0.25) is 9.59 Å². The molecule has 0 radical (unpaired) electrons. The third kappa shape index (κ3) is 3.94. The van der Waals surface area contributed by atoms with Gasteiger partial charge in [0, 0.05) is 35.5 Å². The first kappa shape index (κ1) is 22.5. The number of carbonyl (C=O) groups is 2. The molecule has 1 aliphatic heterocycles. The minimum Gasteiger partial charge on any atom is -0.373 e. The van der Waals surface area contributed by atoms with Gasteiger partial charge in [0.2, 0.25) is 10.0 Å². The number of sulfonamides is 1. The third-order valence-electron chi connectivity index (χ3n) is 6.12. The number of nitrogens with zero attached hydrogens (tertiary/aromatic N) is 1. The van der Waals surface area contributed by atoms with Gasteiger partial charge in [-0.05, 0) is 61.4 Å². The lowest BCUT2D eigenvalue weighted by atomic mass is 10.0. The number of anilines is 1. The van der Waals surface area contributed by atoms with Crippen LogP contribution in [0.1, 0.15) is 40.1 Å². The molecule has 1 amide bonds. The first-order valence-corrected chi connectivity index (χ1v) is 12.5. The van der Waals surface area contributed by atoms with Gasteiger partial charge in [-0.1, -0.05) is 30.3 Å². The Labute approximate surface area is 198 Å². The highest BCUT2D eigenvalue weighted by Crippen LogP contribution is 2.36. The van der Waals surface area contributed by atoms with Crippen molar-refractivity contribution in [2.45, 2.75) is 31.0 Å². The number of ketones is 1. The highest BCUT2D eigenvalue weighted by atomic mass is 32.2. The molecule has 0 bridgehead atoms. The molecule has 1 N–H and O–H groups in total.